The molecule has 1 fully saturated rings. The van der Waals surface area contributed by atoms with E-state index in [-0.39, 0.29) is 23.8 Å². The van der Waals surface area contributed by atoms with E-state index in [1.165, 1.54) is 12.1 Å². The molecule has 4 nitrogen and oxygen atoms in total. The summed E-state index contributed by atoms with van der Waals surface area (Å²) in [6.07, 6.45) is 2.36. The molecule has 15 heavy (non-hydrogen) atoms. The summed E-state index contributed by atoms with van der Waals surface area (Å²) in [5.41, 5.74) is 0.698. The first-order chi connectivity index (χ1) is 7.15. The van der Waals surface area contributed by atoms with E-state index < -0.39 is 0 Å². The Bertz CT molecular complexity index is 385. The third-order valence-corrected chi connectivity index (χ3v) is 2.35. The highest BCUT2D eigenvalue weighted by molar-refractivity contribution is 5.79. The smallest absolute Gasteiger partial charge is 0.224 e. The van der Waals surface area contributed by atoms with Gasteiger partial charge < -0.3 is 15.5 Å². The summed E-state index contributed by atoms with van der Waals surface area (Å²) in [5.74, 6) is -0.393. The Morgan fingerprint density at radius 3 is 2.67 bits per heavy atom. The van der Waals surface area contributed by atoms with Crippen LogP contribution in [-0.2, 0) is 11.2 Å². The number of rotatable bonds is 3. The Balaban J connectivity index is 1.97. The van der Waals surface area contributed by atoms with Gasteiger partial charge in [-0.2, -0.15) is 0 Å². The number of hydrogen-bond donors (Lipinski definition) is 3. The van der Waals surface area contributed by atoms with Crippen LogP contribution in [-0.4, -0.2) is 22.2 Å². The molecule has 1 aliphatic rings. The van der Waals surface area contributed by atoms with E-state index in [0.29, 0.717) is 11.6 Å². The standard InChI is InChI=1S/C11H13NO3/c13-9-4-1-7(5-10(9)14)6-11(15)12-8-2-3-8/h1,4-5,8,13-14H,2-3,6H2,(H,12,15). The van der Waals surface area contributed by atoms with Crippen LogP contribution in [0.3, 0.4) is 0 Å². The molecule has 0 heterocycles. The maximum Gasteiger partial charge on any atom is 0.224 e. The normalized spacial score (nSPS) is 14.9. The topological polar surface area (TPSA) is 69.6 Å². The molecule has 0 atom stereocenters. The second kappa shape index (κ2) is 3.81. The van der Waals surface area contributed by atoms with Crippen molar-refractivity contribution in [3.8, 4) is 11.5 Å². The lowest BCUT2D eigenvalue weighted by atomic mass is 10.1. The molecule has 0 spiro atoms. The van der Waals surface area contributed by atoms with Crippen LogP contribution < -0.4 is 5.32 Å². The average molecular weight is 207 g/mol. The van der Waals surface area contributed by atoms with Crippen LogP contribution in [0.4, 0.5) is 0 Å². The largest absolute Gasteiger partial charge is 0.504 e. The lowest BCUT2D eigenvalue weighted by Crippen LogP contribution is -2.26. The second-order valence-electron chi connectivity index (χ2n) is 3.84. The molecule has 1 aromatic rings. The highest BCUT2D eigenvalue weighted by atomic mass is 16.3. The van der Waals surface area contributed by atoms with Crippen molar-refractivity contribution in [1.82, 2.24) is 5.32 Å². The first-order valence-electron chi connectivity index (χ1n) is 4.95. The monoisotopic (exact) mass is 207 g/mol. The third kappa shape index (κ3) is 2.62. The Morgan fingerprint density at radius 2 is 2.07 bits per heavy atom. The lowest BCUT2D eigenvalue weighted by Gasteiger charge is -2.04. The van der Waals surface area contributed by atoms with Crippen molar-refractivity contribution < 1.29 is 15.0 Å². The second-order valence-corrected chi connectivity index (χ2v) is 3.84. The number of aromatic hydroxyl groups is 2. The minimum atomic E-state index is -0.188. The fraction of sp³-hybridized carbons (Fsp3) is 0.364. The fourth-order valence-corrected chi connectivity index (χ4v) is 1.37. The number of hydrogen-bond acceptors (Lipinski definition) is 3. The van der Waals surface area contributed by atoms with Gasteiger partial charge in [-0.3, -0.25) is 4.79 Å². The molecule has 0 aromatic heterocycles. The molecule has 1 aromatic carbocycles. The molecule has 4 heteroatoms. The molecule has 2 rings (SSSR count). The third-order valence-electron chi connectivity index (χ3n) is 2.35. The molecule has 1 aliphatic carbocycles. The van der Waals surface area contributed by atoms with E-state index >= 15 is 0 Å². The SMILES string of the molecule is O=C(Cc1ccc(O)c(O)c1)NC1CC1. The molecule has 0 bridgehead atoms. The molecule has 0 radical (unpaired) electrons. The van der Waals surface area contributed by atoms with Crippen LogP contribution in [0.1, 0.15) is 18.4 Å². The maximum absolute atomic E-state index is 11.4. The highest BCUT2D eigenvalue weighted by Gasteiger charge is 2.23. The van der Waals surface area contributed by atoms with Gasteiger partial charge in [0.15, 0.2) is 11.5 Å². The summed E-state index contributed by atoms with van der Waals surface area (Å²) in [6.45, 7) is 0. The van der Waals surface area contributed by atoms with Gasteiger partial charge in [0.25, 0.3) is 0 Å². The molecule has 0 unspecified atom stereocenters. The van der Waals surface area contributed by atoms with E-state index in [1.54, 1.807) is 6.07 Å². The Kier molecular flexibility index (Phi) is 2.49. The molecule has 0 aliphatic heterocycles. The highest BCUT2D eigenvalue weighted by Crippen LogP contribution is 2.25. The van der Waals surface area contributed by atoms with E-state index in [2.05, 4.69) is 5.32 Å². The maximum atomic E-state index is 11.4. The summed E-state index contributed by atoms with van der Waals surface area (Å²) in [4.78, 5) is 11.4. The summed E-state index contributed by atoms with van der Waals surface area (Å²) in [5, 5.41) is 21.2. The van der Waals surface area contributed by atoms with Crippen molar-refractivity contribution in [3.05, 3.63) is 23.8 Å². The molecular formula is C11H13NO3. The van der Waals surface area contributed by atoms with Crippen molar-refractivity contribution >= 4 is 5.91 Å². The van der Waals surface area contributed by atoms with Crippen LogP contribution in [0.25, 0.3) is 0 Å². The van der Waals surface area contributed by atoms with E-state index in [4.69, 9.17) is 5.11 Å². The Labute approximate surface area is 87.6 Å². The number of amides is 1. The van der Waals surface area contributed by atoms with Crippen LogP contribution in [0.5, 0.6) is 11.5 Å². The molecule has 0 saturated heterocycles. The van der Waals surface area contributed by atoms with Gasteiger partial charge >= 0.3 is 0 Å². The van der Waals surface area contributed by atoms with Gasteiger partial charge in [-0.15, -0.1) is 0 Å². The lowest BCUT2D eigenvalue weighted by molar-refractivity contribution is -0.120. The molecule has 3 N–H and O–H groups in total. The zero-order chi connectivity index (χ0) is 10.8. The zero-order valence-electron chi connectivity index (χ0n) is 8.23. The number of carbonyl (C=O) groups is 1. The van der Waals surface area contributed by atoms with Crippen LogP contribution in [0.2, 0.25) is 0 Å². The van der Waals surface area contributed by atoms with E-state index in [0.717, 1.165) is 12.8 Å². The summed E-state index contributed by atoms with van der Waals surface area (Å²) >= 11 is 0. The fourth-order valence-electron chi connectivity index (χ4n) is 1.37. The Morgan fingerprint density at radius 1 is 1.33 bits per heavy atom. The molecule has 1 saturated carbocycles. The van der Waals surface area contributed by atoms with Gasteiger partial charge in [-0.1, -0.05) is 6.07 Å². The van der Waals surface area contributed by atoms with Crippen molar-refractivity contribution in [2.24, 2.45) is 0 Å². The van der Waals surface area contributed by atoms with Gasteiger partial charge in [0, 0.05) is 6.04 Å². The predicted octanol–water partition coefficient (Wildman–Crippen LogP) is 0.919. The van der Waals surface area contributed by atoms with Crippen LogP contribution >= 0.6 is 0 Å². The number of phenolic OH excluding ortho intramolecular Hbond substituents is 2. The van der Waals surface area contributed by atoms with Gasteiger partial charge in [-0.25, -0.2) is 0 Å². The first kappa shape index (κ1) is 9.83. The summed E-state index contributed by atoms with van der Waals surface area (Å²) in [6, 6.07) is 4.77. The van der Waals surface area contributed by atoms with Crippen molar-refractivity contribution in [2.45, 2.75) is 25.3 Å². The number of nitrogens with one attached hydrogen (secondary N) is 1. The van der Waals surface area contributed by atoms with Gasteiger partial charge in [0.2, 0.25) is 5.91 Å². The summed E-state index contributed by atoms with van der Waals surface area (Å²) < 4.78 is 0. The van der Waals surface area contributed by atoms with E-state index in [1.807, 2.05) is 0 Å². The number of carbonyl (C=O) groups excluding carboxylic acids is 1. The van der Waals surface area contributed by atoms with Gasteiger partial charge in [0.05, 0.1) is 6.42 Å². The molecular weight excluding hydrogens is 194 g/mol. The first-order valence-corrected chi connectivity index (χ1v) is 4.95. The zero-order valence-corrected chi connectivity index (χ0v) is 8.23. The average Bonchev–Trinajstić information content (AvgIpc) is 2.95. The minimum absolute atomic E-state index is 0.0393. The summed E-state index contributed by atoms with van der Waals surface area (Å²) in [7, 11) is 0. The van der Waals surface area contributed by atoms with Gasteiger partial charge in [0.1, 0.15) is 0 Å². The predicted molar refractivity (Wildman–Crippen MR) is 54.6 cm³/mol. The van der Waals surface area contributed by atoms with Crippen molar-refractivity contribution in [3.63, 3.8) is 0 Å². The molecule has 1 amide bonds. The van der Waals surface area contributed by atoms with Crippen LogP contribution in [0.15, 0.2) is 18.2 Å². The molecule has 80 valence electrons. The van der Waals surface area contributed by atoms with Gasteiger partial charge in [-0.05, 0) is 30.5 Å². The van der Waals surface area contributed by atoms with Crippen molar-refractivity contribution in [1.29, 1.82) is 0 Å². The number of phenols is 2. The minimum Gasteiger partial charge on any atom is -0.504 e. The Hall–Kier alpha value is -1.71. The number of benzene rings is 1. The van der Waals surface area contributed by atoms with E-state index in [9.17, 15) is 9.90 Å². The van der Waals surface area contributed by atoms with Crippen LogP contribution in [0, 0.1) is 0 Å². The quantitative estimate of drug-likeness (QED) is 0.645. The van der Waals surface area contributed by atoms with Crippen molar-refractivity contribution in [2.75, 3.05) is 0 Å².